The number of likely N-dealkylation sites (N-methyl/N-ethyl adjacent to an activating group) is 1. The highest BCUT2D eigenvalue weighted by Gasteiger charge is 2.48. The number of nitrogens with one attached hydrogen (secondary N) is 2. The molecule has 2 N–H and O–H groups in total. The second kappa shape index (κ2) is 8.05. The number of ether oxygens (including phenoxy) is 1. The number of carbonyl (C=O) groups is 2. The van der Waals surface area contributed by atoms with Crippen molar-refractivity contribution in [2.45, 2.75) is 43.4 Å². The first kappa shape index (κ1) is 20.7. The summed E-state index contributed by atoms with van der Waals surface area (Å²) in [7, 11) is 1.80. The summed E-state index contributed by atoms with van der Waals surface area (Å²) < 4.78 is 5.63. The average molecular weight is 431 g/mol. The van der Waals surface area contributed by atoms with Crippen LogP contribution < -0.4 is 15.5 Å². The molecule has 0 radical (unpaired) electrons. The van der Waals surface area contributed by atoms with Gasteiger partial charge in [-0.1, -0.05) is 36.4 Å². The fourth-order valence-electron chi connectivity index (χ4n) is 4.95. The normalized spacial score (nSPS) is 24.7. The van der Waals surface area contributed by atoms with Crippen molar-refractivity contribution >= 4 is 17.5 Å². The van der Waals surface area contributed by atoms with E-state index in [-0.39, 0.29) is 17.9 Å². The average Bonchev–Trinajstić information content (AvgIpc) is 3.28. The molecule has 0 aliphatic carbocycles. The number of anilines is 1. The quantitative estimate of drug-likeness (QED) is 0.756. The molecule has 3 unspecified atom stereocenters. The molecule has 0 aromatic heterocycles. The highest BCUT2D eigenvalue weighted by atomic mass is 16.5. The van der Waals surface area contributed by atoms with Gasteiger partial charge in [-0.05, 0) is 34.7 Å². The van der Waals surface area contributed by atoms with Gasteiger partial charge in [-0.3, -0.25) is 9.59 Å². The van der Waals surface area contributed by atoms with Gasteiger partial charge in [0.25, 0.3) is 0 Å². The van der Waals surface area contributed by atoms with Gasteiger partial charge in [-0.2, -0.15) is 5.26 Å². The summed E-state index contributed by atoms with van der Waals surface area (Å²) in [4.78, 5) is 26.5. The van der Waals surface area contributed by atoms with E-state index < -0.39 is 11.6 Å². The maximum Gasteiger partial charge on any atom is 0.241 e. The minimum absolute atomic E-state index is 0.0831. The molecule has 7 nitrogen and oxygen atoms in total. The summed E-state index contributed by atoms with van der Waals surface area (Å²) in [5.41, 5.74) is 4.48. The predicted molar refractivity (Wildman–Crippen MR) is 120 cm³/mol. The number of nitriles is 1. The minimum atomic E-state index is -0.607. The Morgan fingerprint density at radius 3 is 2.88 bits per heavy atom. The Morgan fingerprint density at radius 2 is 2.09 bits per heavy atom. The molecule has 2 aromatic rings. The minimum Gasteiger partial charge on any atom is -0.377 e. The third-order valence-electron chi connectivity index (χ3n) is 6.91. The van der Waals surface area contributed by atoms with Crippen LogP contribution in [-0.2, 0) is 27.2 Å². The molecule has 5 rings (SSSR count). The van der Waals surface area contributed by atoms with E-state index in [1.807, 2.05) is 42.5 Å². The van der Waals surface area contributed by atoms with Crippen molar-refractivity contribution in [1.29, 1.82) is 5.26 Å². The number of nitrogens with zero attached hydrogens (tertiary/aromatic N) is 2. The van der Waals surface area contributed by atoms with Crippen LogP contribution in [-0.4, -0.2) is 49.7 Å². The maximum atomic E-state index is 12.9. The molecule has 2 fully saturated rings. The summed E-state index contributed by atoms with van der Waals surface area (Å²) in [5.74, 6) is 0.00369. The second-order valence-corrected chi connectivity index (χ2v) is 8.94. The van der Waals surface area contributed by atoms with Crippen molar-refractivity contribution in [2.75, 3.05) is 25.1 Å². The van der Waals surface area contributed by atoms with E-state index in [1.54, 1.807) is 11.9 Å². The highest BCUT2D eigenvalue weighted by molar-refractivity contribution is 6.01. The van der Waals surface area contributed by atoms with Gasteiger partial charge in [0.1, 0.15) is 11.6 Å². The first-order valence-electron chi connectivity index (χ1n) is 11.0. The third kappa shape index (κ3) is 3.66. The fraction of sp³-hybridized carbons (Fsp3) is 0.400. The summed E-state index contributed by atoms with van der Waals surface area (Å²) in [6.45, 7) is 1.25. The SMILES string of the molecule is CN1C(=O)Cc2ccc(-c3ccc(CC(C#N)NC(=O)C45CCOC(CN4)C5)cc3)cc21. The van der Waals surface area contributed by atoms with E-state index in [4.69, 9.17) is 4.74 Å². The lowest BCUT2D eigenvalue weighted by Crippen LogP contribution is -2.57. The highest BCUT2D eigenvalue weighted by Crippen LogP contribution is 2.33. The van der Waals surface area contributed by atoms with E-state index in [1.165, 1.54) is 0 Å². The molecule has 0 spiro atoms. The lowest BCUT2D eigenvalue weighted by atomic mass is 9.89. The van der Waals surface area contributed by atoms with Crippen molar-refractivity contribution in [3.8, 4) is 17.2 Å². The Morgan fingerprint density at radius 1 is 1.31 bits per heavy atom. The molecule has 3 heterocycles. The van der Waals surface area contributed by atoms with Gasteiger partial charge in [0.2, 0.25) is 11.8 Å². The summed E-state index contributed by atoms with van der Waals surface area (Å²) in [6, 6.07) is 15.7. The summed E-state index contributed by atoms with van der Waals surface area (Å²) >= 11 is 0. The summed E-state index contributed by atoms with van der Waals surface area (Å²) in [6.07, 6.45) is 2.27. The van der Waals surface area contributed by atoms with Gasteiger partial charge < -0.3 is 20.3 Å². The number of amides is 2. The lowest BCUT2D eigenvalue weighted by Gasteiger charge is -2.32. The number of fused-ring (bicyclic) bond motifs is 3. The van der Waals surface area contributed by atoms with Crippen LogP contribution in [0.5, 0.6) is 0 Å². The van der Waals surface area contributed by atoms with E-state index in [0.29, 0.717) is 38.8 Å². The van der Waals surface area contributed by atoms with E-state index >= 15 is 0 Å². The van der Waals surface area contributed by atoms with Gasteiger partial charge in [0, 0.05) is 38.7 Å². The standard InChI is InChI=1S/C25H26N4O3/c1-29-22-11-18(6-7-19(22)12-23(29)30)17-4-2-16(3-5-17)10-20(14-26)28-24(31)25-8-9-32-21(13-25)15-27-25/h2-7,11,20-21,27H,8-10,12-13,15H2,1H3,(H,28,31). The largest absolute Gasteiger partial charge is 0.377 e. The molecular formula is C25H26N4O3. The van der Waals surface area contributed by atoms with Crippen LogP contribution in [0.1, 0.15) is 24.0 Å². The molecule has 3 aliphatic heterocycles. The predicted octanol–water partition coefficient (Wildman–Crippen LogP) is 1.94. The van der Waals surface area contributed by atoms with Crippen LogP contribution in [0.2, 0.25) is 0 Å². The molecule has 3 atom stereocenters. The monoisotopic (exact) mass is 430 g/mol. The maximum absolute atomic E-state index is 12.9. The molecule has 164 valence electrons. The molecule has 2 amide bonds. The van der Waals surface area contributed by atoms with Gasteiger partial charge >= 0.3 is 0 Å². The van der Waals surface area contributed by atoms with Gasteiger partial charge in [-0.25, -0.2) is 0 Å². The van der Waals surface area contributed by atoms with Crippen LogP contribution in [0.15, 0.2) is 42.5 Å². The zero-order chi connectivity index (χ0) is 22.3. The lowest BCUT2D eigenvalue weighted by molar-refractivity contribution is -0.130. The van der Waals surface area contributed by atoms with Crippen LogP contribution >= 0.6 is 0 Å². The van der Waals surface area contributed by atoms with Crippen molar-refractivity contribution in [3.63, 3.8) is 0 Å². The third-order valence-corrected chi connectivity index (χ3v) is 6.91. The van der Waals surface area contributed by atoms with E-state index in [2.05, 4.69) is 16.7 Å². The van der Waals surface area contributed by atoms with Crippen LogP contribution in [0.4, 0.5) is 5.69 Å². The number of hydrogen-bond donors (Lipinski definition) is 2. The number of hydrogen-bond acceptors (Lipinski definition) is 5. The zero-order valence-electron chi connectivity index (χ0n) is 18.1. The Bertz CT molecular complexity index is 1100. The van der Waals surface area contributed by atoms with Gasteiger partial charge in [-0.15, -0.1) is 0 Å². The number of carbonyl (C=O) groups excluding carboxylic acids is 2. The number of rotatable bonds is 5. The van der Waals surface area contributed by atoms with E-state index in [9.17, 15) is 14.9 Å². The van der Waals surface area contributed by atoms with Crippen molar-refractivity contribution in [2.24, 2.45) is 0 Å². The Labute approximate surface area is 187 Å². The Balaban J connectivity index is 1.26. The second-order valence-electron chi connectivity index (χ2n) is 8.94. The molecular weight excluding hydrogens is 404 g/mol. The first-order chi connectivity index (χ1) is 15.5. The van der Waals surface area contributed by atoms with Crippen LogP contribution in [0.3, 0.4) is 0 Å². The van der Waals surface area contributed by atoms with Crippen LogP contribution in [0, 0.1) is 11.3 Å². The first-order valence-corrected chi connectivity index (χ1v) is 11.0. The Hall–Kier alpha value is -3.21. The smallest absolute Gasteiger partial charge is 0.241 e. The van der Waals surface area contributed by atoms with Gasteiger partial charge in [0.05, 0.1) is 18.6 Å². The molecule has 2 saturated heterocycles. The van der Waals surface area contributed by atoms with Crippen molar-refractivity contribution in [1.82, 2.24) is 10.6 Å². The van der Waals surface area contributed by atoms with Crippen LogP contribution in [0.25, 0.3) is 11.1 Å². The molecule has 7 heteroatoms. The molecule has 2 aromatic carbocycles. The molecule has 3 aliphatic rings. The Kier molecular flexibility index (Phi) is 5.20. The van der Waals surface area contributed by atoms with Crippen molar-refractivity contribution in [3.05, 3.63) is 53.6 Å². The topological polar surface area (TPSA) is 94.5 Å². The van der Waals surface area contributed by atoms with E-state index in [0.717, 1.165) is 27.9 Å². The number of benzene rings is 2. The fourth-order valence-corrected chi connectivity index (χ4v) is 4.95. The summed E-state index contributed by atoms with van der Waals surface area (Å²) in [5, 5.41) is 15.9. The van der Waals surface area contributed by atoms with Crippen molar-refractivity contribution < 1.29 is 14.3 Å². The van der Waals surface area contributed by atoms with Gasteiger partial charge in [0.15, 0.2) is 0 Å². The molecule has 32 heavy (non-hydrogen) atoms. The zero-order valence-corrected chi connectivity index (χ0v) is 18.1. The molecule has 0 saturated carbocycles. The molecule has 2 bridgehead atoms.